The van der Waals surface area contributed by atoms with Gasteiger partial charge in [-0.05, 0) is 57.2 Å². The summed E-state index contributed by atoms with van der Waals surface area (Å²) in [7, 11) is -3.85. The standard InChI is InChI=1S/C20H20N8O3S2/c1-12-11-13(2)28-19(23-12)25-20(26-28)32-14(3)17(29)24-15-5-7-16(8-6-15)33(30,31)27-18-21-9-4-10-22-18/h4-11,14H,1-3H3,(H,24,29)(H,21,22,27)/t14-/m1/s1. The number of carbonyl (C=O) groups is 1. The van der Waals surface area contributed by atoms with E-state index in [-0.39, 0.29) is 16.8 Å². The summed E-state index contributed by atoms with van der Waals surface area (Å²) in [6.07, 6.45) is 2.87. The first-order chi connectivity index (χ1) is 15.7. The maximum atomic E-state index is 12.6. The third kappa shape index (κ3) is 5.26. The van der Waals surface area contributed by atoms with Crippen LogP contribution in [-0.4, -0.2) is 49.1 Å². The highest BCUT2D eigenvalue weighted by Gasteiger charge is 2.19. The van der Waals surface area contributed by atoms with Gasteiger partial charge in [-0.25, -0.2) is 32.6 Å². The largest absolute Gasteiger partial charge is 0.325 e. The molecule has 3 heterocycles. The van der Waals surface area contributed by atoms with Gasteiger partial charge in [0.25, 0.3) is 15.8 Å². The van der Waals surface area contributed by atoms with Crippen molar-refractivity contribution < 1.29 is 13.2 Å². The van der Waals surface area contributed by atoms with Crippen LogP contribution in [0.1, 0.15) is 18.3 Å². The second-order valence-electron chi connectivity index (χ2n) is 7.10. The number of nitrogens with one attached hydrogen (secondary N) is 2. The zero-order valence-electron chi connectivity index (χ0n) is 17.9. The van der Waals surface area contributed by atoms with Gasteiger partial charge in [-0.2, -0.15) is 4.98 Å². The molecule has 0 spiro atoms. The molecule has 0 bridgehead atoms. The second kappa shape index (κ2) is 9.11. The molecule has 0 radical (unpaired) electrons. The number of rotatable bonds is 7. The normalized spacial score (nSPS) is 12.5. The first-order valence-electron chi connectivity index (χ1n) is 9.80. The molecule has 0 aliphatic rings. The third-order valence-electron chi connectivity index (χ3n) is 4.47. The molecule has 0 saturated heterocycles. The van der Waals surface area contributed by atoms with Crippen molar-refractivity contribution in [2.45, 2.75) is 36.1 Å². The van der Waals surface area contributed by atoms with Gasteiger partial charge in [0.15, 0.2) is 0 Å². The summed E-state index contributed by atoms with van der Waals surface area (Å²) in [6.45, 7) is 5.53. The Kier molecular flexibility index (Phi) is 6.24. The predicted octanol–water partition coefficient (Wildman–Crippen LogP) is 2.45. The van der Waals surface area contributed by atoms with Crippen LogP contribution >= 0.6 is 11.8 Å². The number of amides is 1. The molecule has 0 fully saturated rings. The molecule has 4 aromatic rings. The Morgan fingerprint density at radius 2 is 1.79 bits per heavy atom. The Balaban J connectivity index is 1.40. The molecule has 3 aromatic heterocycles. The SMILES string of the molecule is Cc1cc(C)n2nc(S[C@H](C)C(=O)Nc3ccc(S(=O)(=O)Nc4ncccn4)cc3)nc2n1. The van der Waals surface area contributed by atoms with Gasteiger partial charge in [0.2, 0.25) is 17.0 Å². The molecule has 0 aliphatic heterocycles. The van der Waals surface area contributed by atoms with Gasteiger partial charge in [0.1, 0.15) is 0 Å². The van der Waals surface area contributed by atoms with Gasteiger partial charge in [-0.15, -0.1) is 5.10 Å². The average Bonchev–Trinajstić information content (AvgIpc) is 3.17. The highest BCUT2D eigenvalue weighted by Crippen LogP contribution is 2.23. The number of thioether (sulfide) groups is 1. The number of hydrogen-bond donors (Lipinski definition) is 2. The zero-order chi connectivity index (χ0) is 23.6. The smallest absolute Gasteiger partial charge is 0.264 e. The quantitative estimate of drug-likeness (QED) is 0.378. The van der Waals surface area contributed by atoms with Gasteiger partial charge < -0.3 is 5.32 Å². The number of carbonyl (C=O) groups excluding carboxylic acids is 1. The van der Waals surface area contributed by atoms with E-state index in [0.29, 0.717) is 16.6 Å². The van der Waals surface area contributed by atoms with Crippen LogP contribution in [0.4, 0.5) is 11.6 Å². The maximum absolute atomic E-state index is 12.6. The lowest BCUT2D eigenvalue weighted by Gasteiger charge is -2.11. The summed E-state index contributed by atoms with van der Waals surface area (Å²) in [4.78, 5) is 29.0. The van der Waals surface area contributed by atoms with Crippen LogP contribution in [0.2, 0.25) is 0 Å². The summed E-state index contributed by atoms with van der Waals surface area (Å²) in [5.74, 6) is 0.182. The number of aromatic nitrogens is 6. The highest BCUT2D eigenvalue weighted by atomic mass is 32.2. The monoisotopic (exact) mass is 484 g/mol. The summed E-state index contributed by atoms with van der Waals surface area (Å²) < 4.78 is 28.9. The molecule has 2 N–H and O–H groups in total. The summed E-state index contributed by atoms with van der Waals surface area (Å²) in [6, 6.07) is 9.28. The molecule has 1 amide bonds. The molecular formula is C20H20N8O3S2. The number of hydrogen-bond acceptors (Lipinski definition) is 9. The predicted molar refractivity (Wildman–Crippen MR) is 123 cm³/mol. The van der Waals surface area contributed by atoms with Crippen LogP contribution in [0.25, 0.3) is 5.78 Å². The minimum atomic E-state index is -3.85. The van der Waals surface area contributed by atoms with Gasteiger partial charge in [-0.3, -0.25) is 4.79 Å². The molecule has 0 unspecified atom stereocenters. The van der Waals surface area contributed by atoms with Crippen LogP contribution in [0.5, 0.6) is 0 Å². The van der Waals surface area contributed by atoms with Crippen LogP contribution in [0.3, 0.4) is 0 Å². The molecule has 1 atom stereocenters. The van der Waals surface area contributed by atoms with Crippen LogP contribution in [0, 0.1) is 13.8 Å². The van der Waals surface area contributed by atoms with Gasteiger partial charge in [0, 0.05) is 29.5 Å². The molecule has 0 aliphatic carbocycles. The zero-order valence-corrected chi connectivity index (χ0v) is 19.6. The fourth-order valence-electron chi connectivity index (χ4n) is 2.90. The van der Waals surface area contributed by atoms with E-state index in [9.17, 15) is 13.2 Å². The van der Waals surface area contributed by atoms with Crippen LogP contribution < -0.4 is 10.0 Å². The molecule has 11 nitrogen and oxygen atoms in total. The fourth-order valence-corrected chi connectivity index (χ4v) is 4.61. The van der Waals surface area contributed by atoms with Crippen molar-refractivity contribution in [1.82, 2.24) is 29.5 Å². The molecular weight excluding hydrogens is 464 g/mol. The highest BCUT2D eigenvalue weighted by molar-refractivity contribution is 8.00. The molecule has 1 aromatic carbocycles. The van der Waals surface area contributed by atoms with E-state index in [2.05, 4.69) is 35.1 Å². The van der Waals surface area contributed by atoms with E-state index in [1.165, 1.54) is 48.4 Å². The number of sulfonamides is 1. The van der Waals surface area contributed by atoms with E-state index in [1.54, 1.807) is 17.5 Å². The van der Waals surface area contributed by atoms with E-state index >= 15 is 0 Å². The van der Waals surface area contributed by atoms with Gasteiger partial charge >= 0.3 is 0 Å². The molecule has 0 saturated carbocycles. The number of aryl methyl sites for hydroxylation is 2. The third-order valence-corrected chi connectivity index (χ3v) is 6.77. The van der Waals surface area contributed by atoms with E-state index < -0.39 is 15.3 Å². The van der Waals surface area contributed by atoms with Crippen molar-refractivity contribution in [1.29, 1.82) is 0 Å². The summed E-state index contributed by atoms with van der Waals surface area (Å²) in [5, 5.41) is 7.11. The summed E-state index contributed by atoms with van der Waals surface area (Å²) >= 11 is 1.21. The van der Waals surface area contributed by atoms with Crippen molar-refractivity contribution in [3.63, 3.8) is 0 Å². The topological polar surface area (TPSA) is 144 Å². The van der Waals surface area contributed by atoms with Crippen molar-refractivity contribution >= 4 is 45.1 Å². The molecule has 4 rings (SSSR count). The van der Waals surface area contributed by atoms with E-state index in [0.717, 1.165) is 11.4 Å². The second-order valence-corrected chi connectivity index (χ2v) is 10.1. The van der Waals surface area contributed by atoms with E-state index in [1.807, 2.05) is 19.9 Å². The summed E-state index contributed by atoms with van der Waals surface area (Å²) in [5.41, 5.74) is 2.20. The Bertz CT molecular complexity index is 1410. The van der Waals surface area contributed by atoms with Crippen molar-refractivity contribution in [3.05, 3.63) is 60.2 Å². The number of benzene rings is 1. The van der Waals surface area contributed by atoms with Crippen LogP contribution in [0.15, 0.2) is 58.8 Å². The first kappa shape index (κ1) is 22.6. The van der Waals surface area contributed by atoms with Crippen molar-refractivity contribution in [2.24, 2.45) is 0 Å². The van der Waals surface area contributed by atoms with Gasteiger partial charge in [-0.1, -0.05) is 11.8 Å². The number of fused-ring (bicyclic) bond motifs is 1. The Labute approximate surface area is 194 Å². The maximum Gasteiger partial charge on any atom is 0.264 e. The minimum absolute atomic E-state index is 0.0161. The van der Waals surface area contributed by atoms with Crippen molar-refractivity contribution in [3.8, 4) is 0 Å². The Hall–Kier alpha value is -3.58. The van der Waals surface area contributed by atoms with Gasteiger partial charge in [0.05, 0.1) is 10.1 Å². The lowest BCUT2D eigenvalue weighted by atomic mass is 10.3. The molecule has 33 heavy (non-hydrogen) atoms. The lowest BCUT2D eigenvalue weighted by Crippen LogP contribution is -2.22. The fraction of sp³-hybridized carbons (Fsp3) is 0.200. The van der Waals surface area contributed by atoms with Crippen LogP contribution in [-0.2, 0) is 14.8 Å². The Morgan fingerprint density at radius 3 is 2.48 bits per heavy atom. The molecule has 13 heteroatoms. The van der Waals surface area contributed by atoms with Crippen molar-refractivity contribution in [2.75, 3.05) is 10.0 Å². The Morgan fingerprint density at radius 1 is 1.09 bits per heavy atom. The van der Waals surface area contributed by atoms with E-state index in [4.69, 9.17) is 0 Å². The number of anilines is 2. The number of nitrogens with zero attached hydrogens (tertiary/aromatic N) is 6. The molecule has 170 valence electrons. The minimum Gasteiger partial charge on any atom is -0.325 e. The average molecular weight is 485 g/mol. The lowest BCUT2D eigenvalue weighted by molar-refractivity contribution is -0.115. The first-order valence-corrected chi connectivity index (χ1v) is 12.2.